The van der Waals surface area contributed by atoms with Crippen molar-refractivity contribution < 1.29 is 13.9 Å². The van der Waals surface area contributed by atoms with E-state index in [4.69, 9.17) is 4.74 Å². The summed E-state index contributed by atoms with van der Waals surface area (Å²) in [5.41, 5.74) is 1.33. The molecule has 5 heteroatoms. The van der Waals surface area contributed by atoms with Gasteiger partial charge in [-0.1, -0.05) is 0 Å². The van der Waals surface area contributed by atoms with E-state index in [-0.39, 0.29) is 12.4 Å². The van der Waals surface area contributed by atoms with Gasteiger partial charge in [-0.3, -0.25) is 10.3 Å². The number of aromatic nitrogens is 1. The quantitative estimate of drug-likeness (QED) is 0.905. The monoisotopic (exact) mass is 246 g/mol. The zero-order valence-electron chi connectivity index (χ0n) is 9.47. The normalized spacial score (nSPS) is 9.83. The lowest BCUT2D eigenvalue weighted by Gasteiger charge is -2.06. The maximum atomic E-state index is 12.6. The number of anilines is 1. The van der Waals surface area contributed by atoms with Crippen molar-refractivity contribution in [2.45, 2.75) is 6.61 Å². The lowest BCUT2D eigenvalue weighted by atomic mass is 10.3. The third-order valence-electron chi connectivity index (χ3n) is 2.21. The zero-order chi connectivity index (χ0) is 12.8. The van der Waals surface area contributed by atoms with Gasteiger partial charge in [0.25, 0.3) is 0 Å². The van der Waals surface area contributed by atoms with E-state index < -0.39 is 6.09 Å². The second-order valence-electron chi connectivity index (χ2n) is 3.56. The molecule has 0 aliphatic rings. The Hall–Kier alpha value is -2.43. The number of rotatable bonds is 3. The molecule has 0 fully saturated rings. The molecular weight excluding hydrogens is 235 g/mol. The van der Waals surface area contributed by atoms with Crippen LogP contribution in [-0.2, 0) is 11.3 Å². The highest BCUT2D eigenvalue weighted by Crippen LogP contribution is 2.09. The molecule has 0 saturated carbocycles. The molecule has 0 aliphatic carbocycles. The number of hydrogen-bond acceptors (Lipinski definition) is 3. The van der Waals surface area contributed by atoms with Crippen LogP contribution in [0.25, 0.3) is 0 Å². The van der Waals surface area contributed by atoms with Crippen LogP contribution in [0.4, 0.5) is 14.9 Å². The molecule has 1 heterocycles. The second-order valence-corrected chi connectivity index (χ2v) is 3.56. The molecule has 92 valence electrons. The average Bonchev–Trinajstić information content (AvgIpc) is 2.40. The van der Waals surface area contributed by atoms with Gasteiger partial charge in [0, 0.05) is 18.1 Å². The van der Waals surface area contributed by atoms with E-state index in [9.17, 15) is 9.18 Å². The SMILES string of the molecule is O=C(Nc1ccc(F)cc1)OCc1ccncc1. The number of benzene rings is 1. The van der Waals surface area contributed by atoms with Crippen molar-refractivity contribution in [2.24, 2.45) is 0 Å². The van der Waals surface area contributed by atoms with Crippen LogP contribution in [0, 0.1) is 5.82 Å². The summed E-state index contributed by atoms with van der Waals surface area (Å²) in [6.07, 6.45) is 2.66. The minimum Gasteiger partial charge on any atom is -0.444 e. The van der Waals surface area contributed by atoms with Crippen molar-refractivity contribution in [1.82, 2.24) is 4.98 Å². The van der Waals surface area contributed by atoms with E-state index in [1.54, 1.807) is 24.5 Å². The Labute approximate surface area is 103 Å². The van der Waals surface area contributed by atoms with E-state index >= 15 is 0 Å². The molecule has 0 atom stereocenters. The van der Waals surface area contributed by atoms with Crippen molar-refractivity contribution in [3.8, 4) is 0 Å². The molecule has 1 N–H and O–H groups in total. The Kier molecular flexibility index (Phi) is 3.86. The summed E-state index contributed by atoms with van der Waals surface area (Å²) >= 11 is 0. The Morgan fingerprint density at radius 1 is 1.17 bits per heavy atom. The minimum absolute atomic E-state index is 0.162. The Balaban J connectivity index is 1.84. The first-order valence-electron chi connectivity index (χ1n) is 5.32. The predicted octanol–water partition coefficient (Wildman–Crippen LogP) is 2.97. The molecule has 0 radical (unpaired) electrons. The predicted molar refractivity (Wildman–Crippen MR) is 64.4 cm³/mol. The van der Waals surface area contributed by atoms with Crippen LogP contribution in [0.15, 0.2) is 48.8 Å². The van der Waals surface area contributed by atoms with E-state index in [2.05, 4.69) is 10.3 Å². The summed E-state index contributed by atoms with van der Waals surface area (Å²) < 4.78 is 17.6. The molecule has 4 nitrogen and oxygen atoms in total. The minimum atomic E-state index is -0.585. The van der Waals surface area contributed by atoms with Gasteiger partial charge in [0.1, 0.15) is 12.4 Å². The largest absolute Gasteiger partial charge is 0.444 e. The van der Waals surface area contributed by atoms with Crippen LogP contribution >= 0.6 is 0 Å². The number of carbonyl (C=O) groups excluding carboxylic acids is 1. The van der Waals surface area contributed by atoms with Crippen LogP contribution in [-0.4, -0.2) is 11.1 Å². The fraction of sp³-hybridized carbons (Fsp3) is 0.0769. The average molecular weight is 246 g/mol. The summed E-state index contributed by atoms with van der Waals surface area (Å²) in [5.74, 6) is -0.356. The number of nitrogens with zero attached hydrogens (tertiary/aromatic N) is 1. The smallest absolute Gasteiger partial charge is 0.411 e. The summed E-state index contributed by atoms with van der Waals surface area (Å²) in [5, 5.41) is 2.50. The fourth-order valence-corrected chi connectivity index (χ4v) is 1.32. The van der Waals surface area contributed by atoms with Crippen LogP contribution < -0.4 is 5.32 Å². The van der Waals surface area contributed by atoms with Crippen molar-refractivity contribution in [3.05, 3.63) is 60.2 Å². The van der Waals surface area contributed by atoms with Gasteiger partial charge in [0.05, 0.1) is 0 Å². The van der Waals surface area contributed by atoms with Crippen LogP contribution in [0.3, 0.4) is 0 Å². The van der Waals surface area contributed by atoms with Crippen molar-refractivity contribution in [2.75, 3.05) is 5.32 Å². The van der Waals surface area contributed by atoms with E-state index in [1.807, 2.05) is 0 Å². The van der Waals surface area contributed by atoms with Gasteiger partial charge < -0.3 is 4.74 Å². The molecule has 18 heavy (non-hydrogen) atoms. The molecule has 1 aromatic carbocycles. The second kappa shape index (κ2) is 5.77. The van der Waals surface area contributed by atoms with Gasteiger partial charge in [-0.15, -0.1) is 0 Å². The fourth-order valence-electron chi connectivity index (χ4n) is 1.32. The number of ether oxygens (including phenoxy) is 1. The molecule has 0 aliphatic heterocycles. The summed E-state index contributed by atoms with van der Waals surface area (Å²) in [7, 11) is 0. The third-order valence-corrected chi connectivity index (χ3v) is 2.21. The number of amides is 1. The number of carbonyl (C=O) groups is 1. The van der Waals surface area contributed by atoms with Gasteiger partial charge in [0.2, 0.25) is 0 Å². The summed E-state index contributed by atoms with van der Waals surface area (Å²) in [4.78, 5) is 15.3. The molecule has 2 aromatic rings. The molecular formula is C13H11FN2O2. The van der Waals surface area contributed by atoms with Crippen LogP contribution in [0.1, 0.15) is 5.56 Å². The van der Waals surface area contributed by atoms with Crippen LogP contribution in [0.2, 0.25) is 0 Å². The first-order chi connectivity index (χ1) is 8.74. The highest BCUT2D eigenvalue weighted by molar-refractivity contribution is 5.84. The van der Waals surface area contributed by atoms with E-state index in [0.29, 0.717) is 5.69 Å². The number of hydrogen-bond donors (Lipinski definition) is 1. The lowest BCUT2D eigenvalue weighted by Crippen LogP contribution is -2.13. The highest BCUT2D eigenvalue weighted by atomic mass is 19.1. The van der Waals surface area contributed by atoms with Crippen molar-refractivity contribution >= 4 is 11.8 Å². The molecule has 1 amide bonds. The van der Waals surface area contributed by atoms with Crippen molar-refractivity contribution in [3.63, 3.8) is 0 Å². The highest BCUT2D eigenvalue weighted by Gasteiger charge is 2.03. The molecule has 2 rings (SSSR count). The van der Waals surface area contributed by atoms with Gasteiger partial charge in [-0.2, -0.15) is 0 Å². The Bertz CT molecular complexity index is 514. The Morgan fingerprint density at radius 2 is 1.83 bits per heavy atom. The van der Waals surface area contributed by atoms with Gasteiger partial charge >= 0.3 is 6.09 Å². The summed E-state index contributed by atoms with van der Waals surface area (Å²) in [6, 6.07) is 8.96. The first kappa shape index (κ1) is 12.0. The van der Waals surface area contributed by atoms with Gasteiger partial charge in [0.15, 0.2) is 0 Å². The molecule has 1 aromatic heterocycles. The van der Waals surface area contributed by atoms with Gasteiger partial charge in [-0.05, 0) is 42.0 Å². The number of nitrogens with one attached hydrogen (secondary N) is 1. The zero-order valence-corrected chi connectivity index (χ0v) is 9.47. The van der Waals surface area contributed by atoms with E-state index in [0.717, 1.165) is 5.56 Å². The third kappa shape index (κ3) is 3.55. The lowest BCUT2D eigenvalue weighted by molar-refractivity contribution is 0.155. The molecule has 0 saturated heterocycles. The van der Waals surface area contributed by atoms with E-state index in [1.165, 1.54) is 24.3 Å². The summed E-state index contributed by atoms with van der Waals surface area (Å²) in [6.45, 7) is 0.162. The molecule has 0 spiro atoms. The van der Waals surface area contributed by atoms with Crippen LogP contribution in [0.5, 0.6) is 0 Å². The van der Waals surface area contributed by atoms with Crippen molar-refractivity contribution in [1.29, 1.82) is 0 Å². The molecule has 0 unspecified atom stereocenters. The number of pyridine rings is 1. The topological polar surface area (TPSA) is 51.2 Å². The number of halogens is 1. The molecule has 0 bridgehead atoms. The standard InChI is InChI=1S/C13H11FN2O2/c14-11-1-3-12(4-2-11)16-13(17)18-9-10-5-7-15-8-6-10/h1-8H,9H2,(H,16,17). The van der Waals surface area contributed by atoms with Gasteiger partial charge in [-0.25, -0.2) is 9.18 Å². The first-order valence-corrected chi connectivity index (χ1v) is 5.32. The maximum absolute atomic E-state index is 12.6. The maximum Gasteiger partial charge on any atom is 0.411 e. The Morgan fingerprint density at radius 3 is 2.50 bits per heavy atom.